The molecule has 44 heavy (non-hydrogen) atoms. The van der Waals surface area contributed by atoms with Crippen molar-refractivity contribution in [2.45, 2.75) is 80.1 Å². The van der Waals surface area contributed by atoms with Gasteiger partial charge in [0.25, 0.3) is 0 Å². The van der Waals surface area contributed by atoms with Gasteiger partial charge >= 0.3 is 11.9 Å². The first-order valence-corrected chi connectivity index (χ1v) is 15.4. The second kappa shape index (κ2) is 12.6. The highest BCUT2D eigenvalue weighted by Crippen LogP contribution is 2.38. The van der Waals surface area contributed by atoms with Gasteiger partial charge in [0.05, 0.1) is 37.0 Å². The molecule has 0 radical (unpaired) electrons. The molecule has 0 aliphatic carbocycles. The standard InChI is InChI=1S/C36H42N4O4/c1-9-23-19(3)27-15-29-21(5)25(11-13-35(41)43-7)33(39-29)18-34-26(12-14-36(42)44-8)22(6)30(40-34)16-28-20(4)24(10-2)32(38-28)17-31(23)37-27/h15-18,37-38H,9-14H2,1-8H3. The summed E-state index contributed by atoms with van der Waals surface area (Å²) in [7, 11) is 2.82. The average molecular weight is 595 g/mol. The summed E-state index contributed by atoms with van der Waals surface area (Å²) < 4.78 is 9.91. The molecule has 0 amide bonds. The molecule has 3 aromatic heterocycles. The zero-order valence-corrected chi connectivity index (χ0v) is 27.1. The Kier molecular flexibility index (Phi) is 8.90. The Balaban J connectivity index is 1.88. The van der Waals surface area contributed by atoms with Crippen LogP contribution in [0.3, 0.4) is 0 Å². The highest BCUT2D eigenvalue weighted by Gasteiger charge is 2.23. The van der Waals surface area contributed by atoms with Gasteiger partial charge in [-0.3, -0.25) is 9.59 Å². The Hall–Kier alpha value is -4.46. The van der Waals surface area contributed by atoms with Crippen LogP contribution in [0.2, 0.25) is 0 Å². The van der Waals surface area contributed by atoms with Crippen LogP contribution in [0.1, 0.15) is 98.4 Å². The van der Waals surface area contributed by atoms with Crippen molar-refractivity contribution in [1.82, 2.24) is 19.9 Å². The summed E-state index contributed by atoms with van der Waals surface area (Å²) in [5.41, 5.74) is 16.4. The summed E-state index contributed by atoms with van der Waals surface area (Å²) in [6, 6.07) is 8.45. The molecule has 0 saturated carbocycles. The van der Waals surface area contributed by atoms with Gasteiger partial charge in [-0.1, -0.05) is 13.8 Å². The van der Waals surface area contributed by atoms with Crippen LogP contribution >= 0.6 is 0 Å². The molecule has 0 spiro atoms. The van der Waals surface area contributed by atoms with Crippen molar-refractivity contribution in [2.75, 3.05) is 14.2 Å². The number of rotatable bonds is 8. The number of carbonyl (C=O) groups is 2. The van der Waals surface area contributed by atoms with Gasteiger partial charge in [0.15, 0.2) is 0 Å². The topological polar surface area (TPSA) is 110 Å². The fourth-order valence-electron chi connectivity index (χ4n) is 6.42. The van der Waals surface area contributed by atoms with E-state index in [4.69, 9.17) is 19.4 Å². The van der Waals surface area contributed by atoms with Gasteiger partial charge in [-0.05, 0) is 122 Å². The molecular formula is C36H42N4O4. The molecule has 2 N–H and O–H groups in total. The van der Waals surface area contributed by atoms with Crippen molar-refractivity contribution in [1.29, 1.82) is 0 Å². The highest BCUT2D eigenvalue weighted by molar-refractivity contribution is 5.96. The number of allylic oxidation sites excluding steroid dienone is 4. The van der Waals surface area contributed by atoms with E-state index in [1.54, 1.807) is 0 Å². The van der Waals surface area contributed by atoms with Gasteiger partial charge in [-0.25, -0.2) is 9.97 Å². The van der Waals surface area contributed by atoms with Crippen LogP contribution in [0.5, 0.6) is 0 Å². The summed E-state index contributed by atoms with van der Waals surface area (Å²) in [4.78, 5) is 41.9. The van der Waals surface area contributed by atoms with Crippen molar-refractivity contribution in [3.63, 3.8) is 0 Å². The fourth-order valence-corrected chi connectivity index (χ4v) is 6.42. The van der Waals surface area contributed by atoms with E-state index < -0.39 is 0 Å². The van der Waals surface area contributed by atoms with E-state index in [1.165, 1.54) is 36.5 Å². The Morgan fingerprint density at radius 3 is 1.39 bits per heavy atom. The van der Waals surface area contributed by atoms with Gasteiger partial charge in [0.1, 0.15) is 0 Å². The SMILES string of the molecule is CCc1c(C)c2cc3nc(cc4nc(cc5[nH]c(cc1[nH]2)c(CC)c5C)C(C)=C4CCC(=O)OC)C(CCC(=O)OC)=C3C. The van der Waals surface area contributed by atoms with Crippen molar-refractivity contribution >= 4 is 56.3 Å². The van der Waals surface area contributed by atoms with Crippen LogP contribution in [0.4, 0.5) is 0 Å². The third kappa shape index (κ3) is 5.73. The molecule has 0 atom stereocenters. The molecule has 2 aliphatic rings. The van der Waals surface area contributed by atoms with Crippen molar-refractivity contribution in [3.05, 3.63) is 69.3 Å². The smallest absolute Gasteiger partial charge is 0.305 e. The summed E-state index contributed by atoms with van der Waals surface area (Å²) >= 11 is 0. The molecule has 5 rings (SSSR count). The van der Waals surface area contributed by atoms with Crippen molar-refractivity contribution in [3.8, 4) is 0 Å². The zero-order valence-electron chi connectivity index (χ0n) is 27.1. The largest absolute Gasteiger partial charge is 0.469 e. The number of carbonyl (C=O) groups excluding carboxylic acids is 2. The second-order valence-electron chi connectivity index (χ2n) is 11.5. The van der Waals surface area contributed by atoms with E-state index in [-0.39, 0.29) is 24.8 Å². The van der Waals surface area contributed by atoms with Crippen LogP contribution in [0.15, 0.2) is 24.3 Å². The number of hydrogen-bond donors (Lipinski definition) is 2. The molecule has 5 heterocycles. The summed E-state index contributed by atoms with van der Waals surface area (Å²) in [6.45, 7) is 12.8. The first-order chi connectivity index (χ1) is 21.1. The van der Waals surface area contributed by atoms with E-state index in [2.05, 4.69) is 69.7 Å². The number of aryl methyl sites for hydroxylation is 4. The van der Waals surface area contributed by atoms with Crippen LogP contribution in [-0.4, -0.2) is 46.1 Å². The van der Waals surface area contributed by atoms with E-state index in [9.17, 15) is 9.59 Å². The van der Waals surface area contributed by atoms with Gasteiger partial charge < -0.3 is 19.4 Å². The summed E-state index contributed by atoms with van der Waals surface area (Å²) in [5.74, 6) is -0.531. The Bertz CT molecular complexity index is 1750. The van der Waals surface area contributed by atoms with Gasteiger partial charge in [-0.2, -0.15) is 0 Å². The summed E-state index contributed by atoms with van der Waals surface area (Å²) in [5, 5.41) is 0. The molecule has 0 saturated heterocycles. The van der Waals surface area contributed by atoms with E-state index in [0.717, 1.165) is 80.0 Å². The lowest BCUT2D eigenvalue weighted by Gasteiger charge is -2.06. The molecule has 8 heteroatoms. The third-order valence-corrected chi connectivity index (χ3v) is 9.12. The number of hydrogen-bond acceptors (Lipinski definition) is 6. The van der Waals surface area contributed by atoms with Crippen molar-refractivity contribution in [2.24, 2.45) is 0 Å². The maximum Gasteiger partial charge on any atom is 0.305 e. The average Bonchev–Trinajstić information content (AvgIpc) is 3.67. The van der Waals surface area contributed by atoms with Crippen LogP contribution in [0, 0.1) is 13.8 Å². The maximum atomic E-state index is 12.2. The third-order valence-electron chi connectivity index (χ3n) is 9.12. The van der Waals surface area contributed by atoms with E-state index in [0.29, 0.717) is 12.8 Å². The fraction of sp³-hybridized carbons (Fsp3) is 0.389. The highest BCUT2D eigenvalue weighted by atomic mass is 16.5. The van der Waals surface area contributed by atoms with Crippen LogP contribution in [0.25, 0.3) is 44.4 Å². The molecule has 2 aliphatic heterocycles. The quantitative estimate of drug-likeness (QED) is 0.257. The van der Waals surface area contributed by atoms with Crippen molar-refractivity contribution < 1.29 is 19.1 Å². The number of methoxy groups -OCH3 is 2. The maximum absolute atomic E-state index is 12.2. The minimum atomic E-state index is -0.265. The first-order valence-electron chi connectivity index (χ1n) is 15.4. The minimum Gasteiger partial charge on any atom is -0.469 e. The number of nitrogens with one attached hydrogen (secondary N) is 2. The molecule has 0 aromatic carbocycles. The van der Waals surface area contributed by atoms with Crippen LogP contribution < -0.4 is 0 Å². The predicted octanol–water partition coefficient (Wildman–Crippen LogP) is 7.82. The van der Waals surface area contributed by atoms with Gasteiger partial charge in [-0.15, -0.1) is 0 Å². The second-order valence-corrected chi connectivity index (χ2v) is 11.5. The Labute approximate surface area is 258 Å². The Morgan fingerprint density at radius 2 is 1.02 bits per heavy atom. The zero-order chi connectivity index (χ0) is 31.7. The number of ether oxygens (including phenoxy) is 2. The predicted molar refractivity (Wildman–Crippen MR) is 177 cm³/mol. The van der Waals surface area contributed by atoms with Gasteiger partial charge in [0.2, 0.25) is 0 Å². The number of fused-ring (bicyclic) bond motifs is 8. The Morgan fingerprint density at radius 1 is 0.614 bits per heavy atom. The molecule has 0 unspecified atom stereocenters. The minimum absolute atomic E-state index is 0.250. The normalized spacial score (nSPS) is 13.1. The lowest BCUT2D eigenvalue weighted by atomic mass is 9.98. The summed E-state index contributed by atoms with van der Waals surface area (Å²) in [6.07, 6.45) is 3.28. The number of esters is 2. The number of nitrogens with zero attached hydrogens (tertiary/aromatic N) is 2. The molecule has 8 bridgehead atoms. The molecular weight excluding hydrogens is 552 g/mol. The first kappa shape index (κ1) is 31.0. The number of aromatic nitrogens is 4. The monoisotopic (exact) mass is 594 g/mol. The van der Waals surface area contributed by atoms with E-state index in [1.807, 2.05) is 6.07 Å². The van der Waals surface area contributed by atoms with Crippen LogP contribution in [-0.2, 0) is 31.9 Å². The number of H-pyrrole nitrogens is 2. The molecule has 230 valence electrons. The lowest BCUT2D eigenvalue weighted by Crippen LogP contribution is -2.01. The molecule has 3 aromatic rings. The lowest BCUT2D eigenvalue weighted by molar-refractivity contribution is -0.141. The molecule has 8 nitrogen and oxygen atoms in total. The van der Waals surface area contributed by atoms with E-state index >= 15 is 0 Å². The molecule has 0 fully saturated rings. The number of aromatic amines is 2. The van der Waals surface area contributed by atoms with Gasteiger partial charge in [0, 0.05) is 34.9 Å².